The van der Waals surface area contributed by atoms with Crippen LogP contribution in [0.1, 0.15) is 29.9 Å². The molecule has 0 bridgehead atoms. The minimum Gasteiger partial charge on any atom is -0.336 e. The Bertz CT molecular complexity index is 650. The van der Waals surface area contributed by atoms with Gasteiger partial charge in [-0.25, -0.2) is 15.2 Å². The van der Waals surface area contributed by atoms with Crippen LogP contribution in [0.4, 0.5) is 4.79 Å². The molecule has 2 heterocycles. The van der Waals surface area contributed by atoms with Gasteiger partial charge in [0, 0.05) is 12.2 Å². The normalized spacial score (nSPS) is 10.6. The molecule has 3 amide bonds. The average Bonchev–Trinajstić information content (AvgIpc) is 2.76. The molecule has 8 heteroatoms. The van der Waals surface area contributed by atoms with E-state index in [9.17, 15) is 9.59 Å². The van der Waals surface area contributed by atoms with E-state index in [2.05, 4.69) is 26.3 Å². The van der Waals surface area contributed by atoms with Crippen LogP contribution in [0.2, 0.25) is 0 Å². The van der Waals surface area contributed by atoms with Gasteiger partial charge >= 0.3 is 6.03 Å². The number of hydrazine groups is 1. The molecule has 0 aliphatic rings. The third-order valence-corrected chi connectivity index (χ3v) is 2.48. The molecule has 2 rings (SSSR count). The van der Waals surface area contributed by atoms with Gasteiger partial charge in [0.2, 0.25) is 0 Å². The summed E-state index contributed by atoms with van der Waals surface area (Å²) < 4.78 is 4.95. The summed E-state index contributed by atoms with van der Waals surface area (Å²) in [6.45, 7) is 5.38. The monoisotopic (exact) mass is 277 g/mol. The van der Waals surface area contributed by atoms with Crippen LogP contribution in [0.15, 0.2) is 16.8 Å². The lowest BCUT2D eigenvalue weighted by molar-refractivity contribution is 0.0935. The summed E-state index contributed by atoms with van der Waals surface area (Å²) in [6.07, 6.45) is 1.35. The van der Waals surface area contributed by atoms with E-state index in [0.717, 1.165) is 0 Å². The van der Waals surface area contributed by atoms with Gasteiger partial charge < -0.3 is 9.84 Å². The highest BCUT2D eigenvalue weighted by Gasteiger charge is 2.12. The number of fused-ring (bicyclic) bond motifs is 1. The summed E-state index contributed by atoms with van der Waals surface area (Å²) in [5.74, 6) is -0.473. The van der Waals surface area contributed by atoms with Crippen LogP contribution in [0.25, 0.3) is 11.1 Å². The first-order valence-corrected chi connectivity index (χ1v) is 6.06. The molecule has 0 atom stereocenters. The van der Waals surface area contributed by atoms with E-state index < -0.39 is 11.9 Å². The van der Waals surface area contributed by atoms with Gasteiger partial charge in [0.05, 0.1) is 16.6 Å². The zero-order valence-electron chi connectivity index (χ0n) is 11.4. The maximum Gasteiger partial charge on any atom is 0.333 e. The molecule has 0 aliphatic carbocycles. The fourth-order valence-electron chi connectivity index (χ4n) is 1.55. The number of nitrogens with zero attached hydrogens (tertiary/aromatic N) is 2. The number of nitrogens with one attached hydrogen (secondary N) is 3. The molecule has 0 spiro atoms. The van der Waals surface area contributed by atoms with Crippen molar-refractivity contribution in [3.63, 3.8) is 0 Å². The van der Waals surface area contributed by atoms with E-state index in [-0.39, 0.29) is 6.04 Å². The van der Waals surface area contributed by atoms with E-state index >= 15 is 0 Å². The summed E-state index contributed by atoms with van der Waals surface area (Å²) in [5.41, 5.74) is 5.85. The topological polar surface area (TPSA) is 109 Å². The number of carbonyl (C=O) groups excluding carboxylic acids is 2. The van der Waals surface area contributed by atoms with Crippen LogP contribution in [0.5, 0.6) is 0 Å². The Morgan fingerprint density at radius 1 is 1.30 bits per heavy atom. The number of amides is 3. The minimum absolute atomic E-state index is 0.0235. The Kier molecular flexibility index (Phi) is 3.83. The van der Waals surface area contributed by atoms with Crippen molar-refractivity contribution in [2.75, 3.05) is 0 Å². The number of pyridine rings is 1. The van der Waals surface area contributed by atoms with Gasteiger partial charge in [-0.1, -0.05) is 5.16 Å². The molecule has 106 valence electrons. The largest absolute Gasteiger partial charge is 0.336 e. The molecule has 20 heavy (non-hydrogen) atoms. The second-order valence-corrected chi connectivity index (χ2v) is 4.55. The molecule has 0 aliphatic heterocycles. The number of aryl methyl sites for hydroxylation is 1. The Morgan fingerprint density at radius 3 is 2.75 bits per heavy atom. The molecule has 0 fully saturated rings. The van der Waals surface area contributed by atoms with Gasteiger partial charge in [-0.05, 0) is 26.8 Å². The molecular weight excluding hydrogens is 262 g/mol. The lowest BCUT2D eigenvalue weighted by atomic mass is 10.2. The molecule has 2 aromatic rings. The van der Waals surface area contributed by atoms with Crippen molar-refractivity contribution in [2.24, 2.45) is 0 Å². The van der Waals surface area contributed by atoms with Gasteiger partial charge in [0.25, 0.3) is 11.6 Å². The van der Waals surface area contributed by atoms with Crippen molar-refractivity contribution in [3.8, 4) is 0 Å². The first-order chi connectivity index (χ1) is 9.47. The van der Waals surface area contributed by atoms with Crippen LogP contribution < -0.4 is 16.2 Å². The van der Waals surface area contributed by atoms with Gasteiger partial charge in [0.15, 0.2) is 0 Å². The van der Waals surface area contributed by atoms with E-state index in [1.807, 2.05) is 13.8 Å². The molecular formula is C12H15N5O3. The molecule has 0 saturated carbocycles. The number of urea groups is 1. The zero-order chi connectivity index (χ0) is 14.7. The van der Waals surface area contributed by atoms with Crippen LogP contribution in [-0.4, -0.2) is 28.1 Å². The van der Waals surface area contributed by atoms with E-state index in [1.165, 1.54) is 6.20 Å². The highest BCUT2D eigenvalue weighted by Crippen LogP contribution is 2.16. The summed E-state index contributed by atoms with van der Waals surface area (Å²) in [6, 6.07) is 1.10. The van der Waals surface area contributed by atoms with Crippen molar-refractivity contribution in [1.29, 1.82) is 0 Å². The summed E-state index contributed by atoms with van der Waals surface area (Å²) in [7, 11) is 0. The SMILES string of the molecule is Cc1noc2ncc(C(=O)NNC(=O)NC(C)C)cc12. The fourth-order valence-corrected chi connectivity index (χ4v) is 1.55. The summed E-state index contributed by atoms with van der Waals surface area (Å²) in [5, 5.41) is 6.99. The van der Waals surface area contributed by atoms with E-state index in [4.69, 9.17) is 4.52 Å². The van der Waals surface area contributed by atoms with Crippen LogP contribution in [0.3, 0.4) is 0 Å². The Balaban J connectivity index is 2.04. The smallest absolute Gasteiger partial charge is 0.333 e. The molecule has 0 unspecified atom stereocenters. The number of aromatic nitrogens is 2. The lowest BCUT2D eigenvalue weighted by Gasteiger charge is -2.10. The first-order valence-electron chi connectivity index (χ1n) is 6.06. The van der Waals surface area contributed by atoms with Crippen molar-refractivity contribution in [1.82, 2.24) is 26.3 Å². The maximum atomic E-state index is 11.9. The predicted molar refractivity (Wildman–Crippen MR) is 70.8 cm³/mol. The van der Waals surface area contributed by atoms with Crippen molar-refractivity contribution >= 4 is 23.0 Å². The standard InChI is InChI=1S/C12H15N5O3/c1-6(2)14-12(19)16-15-10(18)8-4-9-7(3)17-20-11(9)13-5-8/h4-6H,1-3H3,(H,15,18)(H2,14,16,19). The number of rotatable bonds is 2. The van der Waals surface area contributed by atoms with Crippen LogP contribution in [-0.2, 0) is 0 Å². The van der Waals surface area contributed by atoms with Gasteiger partial charge in [-0.3, -0.25) is 10.2 Å². The minimum atomic E-state index is -0.483. The van der Waals surface area contributed by atoms with Crippen LogP contribution >= 0.6 is 0 Å². The highest BCUT2D eigenvalue weighted by atomic mass is 16.5. The molecule has 8 nitrogen and oxygen atoms in total. The zero-order valence-corrected chi connectivity index (χ0v) is 11.4. The van der Waals surface area contributed by atoms with Gasteiger partial charge in [-0.2, -0.15) is 0 Å². The molecule has 3 N–H and O–H groups in total. The predicted octanol–water partition coefficient (Wildman–Crippen LogP) is 0.884. The van der Waals surface area contributed by atoms with Crippen molar-refractivity contribution < 1.29 is 14.1 Å². The second kappa shape index (κ2) is 5.55. The Hall–Kier alpha value is -2.64. The average molecular weight is 277 g/mol. The second-order valence-electron chi connectivity index (χ2n) is 4.55. The Morgan fingerprint density at radius 2 is 2.05 bits per heavy atom. The number of hydrogen-bond acceptors (Lipinski definition) is 5. The van der Waals surface area contributed by atoms with Gasteiger partial charge in [0.1, 0.15) is 0 Å². The number of carbonyl (C=O) groups is 2. The van der Waals surface area contributed by atoms with Crippen molar-refractivity contribution in [3.05, 3.63) is 23.5 Å². The molecule has 0 aromatic carbocycles. The molecule has 2 aromatic heterocycles. The third kappa shape index (κ3) is 3.02. The van der Waals surface area contributed by atoms with Crippen LogP contribution in [0, 0.1) is 6.92 Å². The highest BCUT2D eigenvalue weighted by molar-refractivity contribution is 5.97. The fraction of sp³-hybridized carbons (Fsp3) is 0.333. The van der Waals surface area contributed by atoms with Gasteiger partial charge in [-0.15, -0.1) is 0 Å². The summed E-state index contributed by atoms with van der Waals surface area (Å²) in [4.78, 5) is 27.2. The maximum absolute atomic E-state index is 11.9. The first kappa shape index (κ1) is 13.8. The third-order valence-electron chi connectivity index (χ3n) is 2.48. The lowest BCUT2D eigenvalue weighted by Crippen LogP contribution is -2.48. The van der Waals surface area contributed by atoms with E-state index in [1.54, 1.807) is 13.0 Å². The Labute approximate surface area is 114 Å². The number of hydrogen-bond donors (Lipinski definition) is 3. The summed E-state index contributed by atoms with van der Waals surface area (Å²) >= 11 is 0. The quantitative estimate of drug-likeness (QED) is 0.706. The molecule has 0 saturated heterocycles. The molecule has 0 radical (unpaired) electrons. The van der Waals surface area contributed by atoms with Crippen molar-refractivity contribution in [2.45, 2.75) is 26.8 Å². The van der Waals surface area contributed by atoms with E-state index in [0.29, 0.717) is 22.4 Å².